The third kappa shape index (κ3) is 5.87. The lowest BCUT2D eigenvalue weighted by Gasteiger charge is -2.08. The van der Waals surface area contributed by atoms with Crippen LogP contribution in [0.2, 0.25) is 0 Å². The summed E-state index contributed by atoms with van der Waals surface area (Å²) < 4.78 is 0. The summed E-state index contributed by atoms with van der Waals surface area (Å²) >= 11 is 0. The van der Waals surface area contributed by atoms with Gasteiger partial charge in [-0.05, 0) is 12.8 Å². The summed E-state index contributed by atoms with van der Waals surface area (Å²) in [5, 5.41) is 2.52. The lowest BCUT2D eigenvalue weighted by Crippen LogP contribution is -2.42. The highest BCUT2D eigenvalue weighted by atomic mass is 16.2. The topological polar surface area (TPSA) is 72.2 Å². The zero-order valence-electron chi connectivity index (χ0n) is 9.08. The second kappa shape index (κ2) is 8.01. The third-order valence-electron chi connectivity index (χ3n) is 1.98. The summed E-state index contributed by atoms with van der Waals surface area (Å²) in [7, 11) is 0. The van der Waals surface area contributed by atoms with Crippen LogP contribution in [0.5, 0.6) is 0 Å². The van der Waals surface area contributed by atoms with Crippen LogP contribution in [0.1, 0.15) is 32.6 Å². The van der Waals surface area contributed by atoms with Crippen LogP contribution in [0.4, 0.5) is 0 Å². The molecule has 0 saturated heterocycles. The number of hydrogen-bond acceptors (Lipinski definition) is 3. The number of Topliss-reactive ketones (excluding diaryl/α,β-unsaturated/α-hetero) is 1. The van der Waals surface area contributed by atoms with Crippen LogP contribution in [0.15, 0.2) is 0 Å². The Labute approximate surface area is 90.6 Å². The van der Waals surface area contributed by atoms with Crippen molar-refractivity contribution in [3.05, 3.63) is 0 Å². The number of ketones is 1. The van der Waals surface area contributed by atoms with Crippen LogP contribution >= 0.6 is 0 Å². The van der Waals surface area contributed by atoms with Crippen molar-refractivity contribution in [1.82, 2.24) is 5.32 Å². The zero-order chi connectivity index (χ0) is 11.7. The van der Waals surface area contributed by atoms with Crippen molar-refractivity contribution in [2.24, 2.45) is 5.73 Å². The third-order valence-corrected chi connectivity index (χ3v) is 1.98. The molecule has 0 spiro atoms. The van der Waals surface area contributed by atoms with Gasteiger partial charge in [0.15, 0.2) is 0 Å². The van der Waals surface area contributed by atoms with Crippen LogP contribution < -0.4 is 11.1 Å². The molecule has 0 saturated carbocycles. The number of unbranched alkanes of at least 4 members (excludes halogenated alkanes) is 1. The molecule has 0 aliphatic carbocycles. The fourth-order valence-electron chi connectivity index (χ4n) is 1.00. The molecule has 0 aliphatic rings. The van der Waals surface area contributed by atoms with Gasteiger partial charge in [-0.25, -0.2) is 0 Å². The second-order valence-corrected chi connectivity index (χ2v) is 3.32. The van der Waals surface area contributed by atoms with E-state index < -0.39 is 17.7 Å². The highest BCUT2D eigenvalue weighted by Crippen LogP contribution is 1.95. The van der Waals surface area contributed by atoms with Crippen molar-refractivity contribution >= 4 is 11.7 Å². The molecule has 0 aromatic rings. The maximum absolute atomic E-state index is 11.3. The molecule has 0 aromatic heterocycles. The summed E-state index contributed by atoms with van der Waals surface area (Å²) in [6.07, 6.45) is 7.63. The normalized spacial score (nSPS) is 11.5. The molecule has 1 amide bonds. The molecule has 1 atom stereocenters. The van der Waals surface area contributed by atoms with E-state index in [-0.39, 0.29) is 0 Å². The van der Waals surface area contributed by atoms with Crippen molar-refractivity contribution in [2.75, 3.05) is 6.54 Å². The Morgan fingerprint density at radius 2 is 2.20 bits per heavy atom. The van der Waals surface area contributed by atoms with Crippen LogP contribution in [0.3, 0.4) is 0 Å². The molecule has 0 aliphatic heterocycles. The standard InChI is InChI=1S/C11H18N2O2/c1-3-5-7-9(12)10(14)11(15)13-8-6-4-2/h1,9H,4-8,12H2,2H3,(H,13,15). The Morgan fingerprint density at radius 3 is 2.73 bits per heavy atom. The monoisotopic (exact) mass is 210 g/mol. The molecule has 0 fully saturated rings. The first-order chi connectivity index (χ1) is 7.13. The lowest BCUT2D eigenvalue weighted by atomic mass is 10.1. The van der Waals surface area contributed by atoms with Crippen molar-refractivity contribution in [1.29, 1.82) is 0 Å². The van der Waals surface area contributed by atoms with Crippen molar-refractivity contribution in [2.45, 2.75) is 38.6 Å². The Hall–Kier alpha value is -1.34. The van der Waals surface area contributed by atoms with Gasteiger partial charge in [0.1, 0.15) is 0 Å². The summed E-state index contributed by atoms with van der Waals surface area (Å²) in [5.41, 5.74) is 5.50. The van der Waals surface area contributed by atoms with E-state index in [0.29, 0.717) is 19.4 Å². The molecule has 0 radical (unpaired) electrons. The molecule has 15 heavy (non-hydrogen) atoms. The Morgan fingerprint density at radius 1 is 1.53 bits per heavy atom. The number of hydrogen-bond donors (Lipinski definition) is 2. The highest BCUT2D eigenvalue weighted by Gasteiger charge is 2.20. The number of carbonyl (C=O) groups excluding carboxylic acids is 2. The average Bonchev–Trinajstić information content (AvgIpc) is 2.24. The van der Waals surface area contributed by atoms with E-state index in [4.69, 9.17) is 12.2 Å². The van der Waals surface area contributed by atoms with Crippen molar-refractivity contribution < 1.29 is 9.59 Å². The molecule has 0 heterocycles. The van der Waals surface area contributed by atoms with Gasteiger partial charge in [0, 0.05) is 13.0 Å². The van der Waals surface area contributed by atoms with Gasteiger partial charge in [-0.3, -0.25) is 9.59 Å². The Balaban J connectivity index is 3.87. The summed E-state index contributed by atoms with van der Waals surface area (Å²) in [6, 6.07) is -0.775. The van der Waals surface area contributed by atoms with Gasteiger partial charge in [-0.15, -0.1) is 12.3 Å². The number of nitrogens with two attached hydrogens (primary N) is 1. The minimum Gasteiger partial charge on any atom is -0.349 e. The number of rotatable bonds is 7. The largest absolute Gasteiger partial charge is 0.349 e. The van der Waals surface area contributed by atoms with Gasteiger partial charge in [-0.1, -0.05) is 13.3 Å². The fourth-order valence-corrected chi connectivity index (χ4v) is 1.00. The van der Waals surface area contributed by atoms with E-state index in [2.05, 4.69) is 11.2 Å². The van der Waals surface area contributed by atoms with Gasteiger partial charge in [-0.2, -0.15) is 0 Å². The first kappa shape index (κ1) is 13.7. The van der Waals surface area contributed by atoms with Crippen LogP contribution in [-0.2, 0) is 9.59 Å². The lowest BCUT2D eigenvalue weighted by molar-refractivity contribution is -0.138. The van der Waals surface area contributed by atoms with Crippen molar-refractivity contribution in [3.8, 4) is 12.3 Å². The zero-order valence-corrected chi connectivity index (χ0v) is 9.08. The number of carbonyl (C=O) groups is 2. The molecule has 4 heteroatoms. The summed E-state index contributed by atoms with van der Waals surface area (Å²) in [4.78, 5) is 22.6. The fraction of sp³-hybridized carbons (Fsp3) is 0.636. The van der Waals surface area contributed by atoms with Crippen molar-refractivity contribution in [3.63, 3.8) is 0 Å². The van der Waals surface area contributed by atoms with Gasteiger partial charge >= 0.3 is 0 Å². The van der Waals surface area contributed by atoms with E-state index in [0.717, 1.165) is 12.8 Å². The molecule has 0 aromatic carbocycles. The molecular formula is C11H18N2O2. The summed E-state index contributed by atoms with van der Waals surface area (Å²) in [6.45, 7) is 2.52. The highest BCUT2D eigenvalue weighted by molar-refractivity contribution is 6.38. The Kier molecular flexibility index (Phi) is 7.29. The second-order valence-electron chi connectivity index (χ2n) is 3.32. The minimum absolute atomic E-state index is 0.358. The molecular weight excluding hydrogens is 192 g/mol. The molecule has 84 valence electrons. The quantitative estimate of drug-likeness (QED) is 0.358. The van der Waals surface area contributed by atoms with E-state index in [1.807, 2.05) is 6.92 Å². The molecule has 0 bridgehead atoms. The maximum Gasteiger partial charge on any atom is 0.289 e. The van der Waals surface area contributed by atoms with Crippen LogP contribution in [0, 0.1) is 12.3 Å². The minimum atomic E-state index is -0.775. The van der Waals surface area contributed by atoms with Gasteiger partial charge < -0.3 is 11.1 Å². The first-order valence-electron chi connectivity index (χ1n) is 5.14. The van der Waals surface area contributed by atoms with E-state index >= 15 is 0 Å². The molecule has 1 unspecified atom stereocenters. The van der Waals surface area contributed by atoms with Crippen LogP contribution in [0.25, 0.3) is 0 Å². The first-order valence-corrected chi connectivity index (χ1v) is 5.14. The molecule has 4 nitrogen and oxygen atoms in total. The van der Waals surface area contributed by atoms with E-state index in [1.54, 1.807) is 0 Å². The molecule has 0 rings (SSSR count). The van der Waals surface area contributed by atoms with E-state index in [9.17, 15) is 9.59 Å². The SMILES string of the molecule is C#CCCC(N)C(=O)C(=O)NCCCC. The van der Waals surface area contributed by atoms with E-state index in [1.165, 1.54) is 0 Å². The smallest absolute Gasteiger partial charge is 0.289 e. The van der Waals surface area contributed by atoms with Crippen LogP contribution in [-0.4, -0.2) is 24.3 Å². The van der Waals surface area contributed by atoms with Gasteiger partial charge in [0.05, 0.1) is 6.04 Å². The Bertz CT molecular complexity index is 256. The predicted molar refractivity (Wildman–Crippen MR) is 59.0 cm³/mol. The maximum atomic E-state index is 11.3. The van der Waals surface area contributed by atoms with Gasteiger partial charge in [0.2, 0.25) is 5.78 Å². The number of nitrogens with one attached hydrogen (secondary N) is 1. The number of terminal acetylenes is 1. The average molecular weight is 210 g/mol. The molecule has 3 N–H and O–H groups in total. The van der Waals surface area contributed by atoms with Gasteiger partial charge in [0.25, 0.3) is 5.91 Å². The summed E-state index contributed by atoms with van der Waals surface area (Å²) in [5.74, 6) is 1.19. The predicted octanol–water partition coefficient (Wildman–Crippen LogP) is 0.213. The number of amides is 1.